The van der Waals surface area contributed by atoms with E-state index in [2.05, 4.69) is 0 Å². The molecule has 2 amide bonds. The Morgan fingerprint density at radius 1 is 1.32 bits per heavy atom. The minimum absolute atomic E-state index is 0.145. The van der Waals surface area contributed by atoms with Crippen LogP contribution in [-0.2, 0) is 9.59 Å². The molecule has 1 aromatic rings. The molecule has 4 nitrogen and oxygen atoms in total. The lowest BCUT2D eigenvalue weighted by molar-refractivity contribution is -0.120. The van der Waals surface area contributed by atoms with E-state index >= 15 is 0 Å². The molecule has 0 atom stereocenters. The monoisotopic (exact) mass is 279 g/mol. The van der Waals surface area contributed by atoms with Gasteiger partial charge in [0.25, 0.3) is 5.91 Å². The molecule has 0 aromatic heterocycles. The molecule has 2 rings (SSSR count). The molecular formula is C14H14ClNO3. The smallest absolute Gasteiger partial charge is 0.261 e. The quantitative estimate of drug-likeness (QED) is 0.618. The number of nitrogens with zero attached hydrogens (tertiary/aromatic N) is 1. The number of imide groups is 1. The average Bonchev–Trinajstić information content (AvgIpc) is 2.66. The molecule has 0 spiro atoms. The number of ether oxygens (including phenoxy) is 1. The molecule has 1 heterocycles. The Labute approximate surface area is 116 Å². The van der Waals surface area contributed by atoms with E-state index in [-0.39, 0.29) is 18.2 Å². The lowest BCUT2D eigenvalue weighted by atomic mass is 10.1. The summed E-state index contributed by atoms with van der Waals surface area (Å²) in [6.07, 6.45) is 0.145. The van der Waals surface area contributed by atoms with Crippen molar-refractivity contribution < 1.29 is 14.3 Å². The molecule has 1 fully saturated rings. The summed E-state index contributed by atoms with van der Waals surface area (Å²) in [7, 11) is 1.49. The average molecular weight is 280 g/mol. The van der Waals surface area contributed by atoms with Crippen molar-refractivity contribution in [2.24, 2.45) is 0 Å². The molecule has 1 saturated heterocycles. The summed E-state index contributed by atoms with van der Waals surface area (Å²) >= 11 is 5.93. The van der Waals surface area contributed by atoms with Crippen LogP contribution in [0.25, 0.3) is 0 Å². The number of hydrogen-bond donors (Lipinski definition) is 0. The van der Waals surface area contributed by atoms with E-state index in [0.717, 1.165) is 5.57 Å². The van der Waals surface area contributed by atoms with Gasteiger partial charge >= 0.3 is 0 Å². The largest absolute Gasteiger partial charge is 0.495 e. The number of halogens is 1. The van der Waals surface area contributed by atoms with Crippen molar-refractivity contribution >= 4 is 29.1 Å². The number of carbonyl (C=O) groups excluding carboxylic acids is 2. The Morgan fingerprint density at radius 2 is 2.00 bits per heavy atom. The van der Waals surface area contributed by atoms with Crippen LogP contribution in [0.2, 0.25) is 5.02 Å². The normalized spacial score (nSPS) is 15.2. The summed E-state index contributed by atoms with van der Waals surface area (Å²) in [5.74, 6) is -0.0645. The lowest BCUT2D eigenvalue weighted by Gasteiger charge is -2.15. The Bertz CT molecular complexity index is 588. The van der Waals surface area contributed by atoms with E-state index in [4.69, 9.17) is 16.3 Å². The summed E-state index contributed by atoms with van der Waals surface area (Å²) in [4.78, 5) is 25.4. The second kappa shape index (κ2) is 5.05. The maximum Gasteiger partial charge on any atom is 0.261 e. The predicted octanol–water partition coefficient (Wildman–Crippen LogP) is 2.95. The zero-order chi connectivity index (χ0) is 14.2. The summed E-state index contributed by atoms with van der Waals surface area (Å²) in [6, 6.07) is 4.83. The molecule has 1 aliphatic heterocycles. The zero-order valence-electron chi connectivity index (χ0n) is 11.0. The second-order valence-electron chi connectivity index (χ2n) is 4.51. The van der Waals surface area contributed by atoms with E-state index in [0.29, 0.717) is 22.0 Å². The third-order valence-electron chi connectivity index (χ3n) is 3.04. The summed E-state index contributed by atoms with van der Waals surface area (Å²) < 4.78 is 5.10. The first-order valence-corrected chi connectivity index (χ1v) is 6.20. The van der Waals surface area contributed by atoms with Crippen LogP contribution >= 0.6 is 11.6 Å². The van der Waals surface area contributed by atoms with E-state index in [1.165, 1.54) is 12.0 Å². The van der Waals surface area contributed by atoms with Gasteiger partial charge in [0.2, 0.25) is 5.91 Å². The molecule has 100 valence electrons. The van der Waals surface area contributed by atoms with Crippen molar-refractivity contribution in [3.8, 4) is 5.75 Å². The maximum atomic E-state index is 12.2. The minimum atomic E-state index is -0.269. The Morgan fingerprint density at radius 3 is 2.53 bits per heavy atom. The first-order valence-electron chi connectivity index (χ1n) is 5.83. The van der Waals surface area contributed by atoms with E-state index in [1.807, 2.05) is 13.8 Å². The van der Waals surface area contributed by atoms with Crippen LogP contribution in [0.3, 0.4) is 0 Å². The first-order chi connectivity index (χ1) is 8.95. The molecule has 1 aliphatic rings. The zero-order valence-corrected chi connectivity index (χ0v) is 11.7. The van der Waals surface area contributed by atoms with Gasteiger partial charge in [-0.05, 0) is 26.0 Å². The number of hydrogen-bond acceptors (Lipinski definition) is 3. The SMILES string of the molecule is COc1cc(N2C(=O)CC(=C(C)C)C2=O)ccc1Cl. The maximum absolute atomic E-state index is 12.2. The van der Waals surface area contributed by atoms with Crippen LogP contribution in [0.15, 0.2) is 29.3 Å². The number of rotatable bonds is 2. The van der Waals surface area contributed by atoms with Gasteiger partial charge in [0, 0.05) is 11.6 Å². The number of benzene rings is 1. The standard InChI is InChI=1S/C14H14ClNO3/c1-8(2)10-7-13(17)16(14(10)18)9-4-5-11(15)12(6-9)19-3/h4-6H,7H2,1-3H3. The molecule has 0 aliphatic carbocycles. The molecule has 0 radical (unpaired) electrons. The van der Waals surface area contributed by atoms with Crippen LogP contribution < -0.4 is 9.64 Å². The van der Waals surface area contributed by atoms with Gasteiger partial charge in [-0.15, -0.1) is 0 Å². The van der Waals surface area contributed by atoms with Crippen molar-refractivity contribution in [2.45, 2.75) is 20.3 Å². The van der Waals surface area contributed by atoms with Crippen molar-refractivity contribution in [1.82, 2.24) is 0 Å². The van der Waals surface area contributed by atoms with Crippen LogP contribution in [0.1, 0.15) is 20.3 Å². The van der Waals surface area contributed by atoms with Gasteiger partial charge in [-0.3, -0.25) is 9.59 Å². The number of allylic oxidation sites excluding steroid dienone is 1. The van der Waals surface area contributed by atoms with Crippen molar-refractivity contribution in [3.05, 3.63) is 34.4 Å². The summed E-state index contributed by atoms with van der Waals surface area (Å²) in [5, 5.41) is 0.438. The first kappa shape index (κ1) is 13.6. The highest BCUT2D eigenvalue weighted by molar-refractivity contribution is 6.32. The van der Waals surface area contributed by atoms with E-state index in [1.54, 1.807) is 18.2 Å². The molecule has 5 heteroatoms. The number of amides is 2. The minimum Gasteiger partial charge on any atom is -0.495 e. The van der Waals surface area contributed by atoms with Crippen molar-refractivity contribution in [3.63, 3.8) is 0 Å². The second-order valence-corrected chi connectivity index (χ2v) is 4.92. The van der Waals surface area contributed by atoms with Gasteiger partial charge in [0.1, 0.15) is 5.75 Å². The van der Waals surface area contributed by atoms with Crippen LogP contribution in [0, 0.1) is 0 Å². The van der Waals surface area contributed by atoms with Crippen LogP contribution in [0.5, 0.6) is 5.75 Å². The van der Waals surface area contributed by atoms with Gasteiger partial charge in [0.15, 0.2) is 0 Å². The Hall–Kier alpha value is -1.81. The van der Waals surface area contributed by atoms with Gasteiger partial charge < -0.3 is 4.74 Å². The third kappa shape index (κ3) is 2.36. The highest BCUT2D eigenvalue weighted by Crippen LogP contribution is 2.33. The predicted molar refractivity (Wildman–Crippen MR) is 73.5 cm³/mol. The van der Waals surface area contributed by atoms with Crippen LogP contribution in [-0.4, -0.2) is 18.9 Å². The number of anilines is 1. The van der Waals surface area contributed by atoms with Crippen molar-refractivity contribution in [2.75, 3.05) is 12.0 Å². The van der Waals surface area contributed by atoms with Gasteiger partial charge in [-0.25, -0.2) is 4.90 Å². The fourth-order valence-corrected chi connectivity index (χ4v) is 2.19. The molecule has 0 unspecified atom stereocenters. The molecule has 19 heavy (non-hydrogen) atoms. The fraction of sp³-hybridized carbons (Fsp3) is 0.286. The van der Waals surface area contributed by atoms with E-state index in [9.17, 15) is 9.59 Å². The molecule has 0 saturated carbocycles. The van der Waals surface area contributed by atoms with E-state index < -0.39 is 0 Å². The van der Waals surface area contributed by atoms with Gasteiger partial charge in [-0.1, -0.05) is 17.2 Å². The van der Waals surface area contributed by atoms with Crippen LogP contribution in [0.4, 0.5) is 5.69 Å². The van der Waals surface area contributed by atoms with Gasteiger partial charge in [-0.2, -0.15) is 0 Å². The Kier molecular flexibility index (Phi) is 3.62. The number of carbonyl (C=O) groups is 2. The highest BCUT2D eigenvalue weighted by Gasteiger charge is 2.35. The summed E-state index contributed by atoms with van der Waals surface area (Å²) in [5.41, 5.74) is 1.90. The highest BCUT2D eigenvalue weighted by atomic mass is 35.5. The third-order valence-corrected chi connectivity index (χ3v) is 3.35. The van der Waals surface area contributed by atoms with Crippen molar-refractivity contribution in [1.29, 1.82) is 0 Å². The summed E-state index contributed by atoms with van der Waals surface area (Å²) in [6.45, 7) is 3.65. The topological polar surface area (TPSA) is 46.6 Å². The Balaban J connectivity index is 2.45. The molecule has 1 aromatic carbocycles. The molecular weight excluding hydrogens is 266 g/mol. The fourth-order valence-electron chi connectivity index (χ4n) is 1.99. The van der Waals surface area contributed by atoms with Gasteiger partial charge in [0.05, 0.1) is 24.2 Å². The molecule has 0 N–H and O–H groups in total. The number of methoxy groups -OCH3 is 1. The molecule has 0 bridgehead atoms. The lowest BCUT2D eigenvalue weighted by Crippen LogP contribution is -2.29.